The molecule has 2 aromatic rings. The van der Waals surface area contributed by atoms with Crippen LogP contribution in [-0.4, -0.2) is 0 Å². The van der Waals surface area contributed by atoms with Crippen LogP contribution in [0.3, 0.4) is 0 Å². The van der Waals surface area contributed by atoms with E-state index in [0.29, 0.717) is 4.88 Å². The van der Waals surface area contributed by atoms with Gasteiger partial charge in [0.15, 0.2) is 0 Å². The van der Waals surface area contributed by atoms with Gasteiger partial charge >= 0.3 is 6.18 Å². The highest BCUT2D eigenvalue weighted by atomic mass is 32.1. The van der Waals surface area contributed by atoms with Gasteiger partial charge in [-0.25, -0.2) is 4.39 Å². The number of hydrogen-bond donors (Lipinski definition) is 1. The first-order valence-corrected chi connectivity index (χ1v) is 5.93. The Morgan fingerprint density at radius 1 is 1.17 bits per heavy atom. The molecule has 1 aromatic heterocycles. The number of alkyl halides is 3. The minimum absolute atomic E-state index is 0.245. The average molecular weight is 275 g/mol. The van der Waals surface area contributed by atoms with Crippen molar-refractivity contribution in [3.8, 4) is 0 Å². The highest BCUT2D eigenvalue weighted by Gasteiger charge is 2.35. The molecule has 96 valence electrons. The molecule has 1 aromatic carbocycles. The van der Waals surface area contributed by atoms with E-state index in [1.807, 2.05) is 0 Å². The Balaban J connectivity index is 2.52. The number of thiophene rings is 1. The molecule has 0 saturated carbocycles. The fourth-order valence-corrected chi connectivity index (χ4v) is 2.42. The van der Waals surface area contributed by atoms with Gasteiger partial charge in [0.2, 0.25) is 0 Å². The highest BCUT2D eigenvalue weighted by Crippen LogP contribution is 2.36. The quantitative estimate of drug-likeness (QED) is 0.825. The molecule has 2 N–H and O–H groups in total. The van der Waals surface area contributed by atoms with E-state index in [4.69, 9.17) is 5.73 Å². The number of rotatable bonds is 2. The third-order valence-electron chi connectivity index (χ3n) is 2.50. The van der Waals surface area contributed by atoms with Gasteiger partial charge in [0.25, 0.3) is 0 Å². The van der Waals surface area contributed by atoms with E-state index in [1.165, 1.54) is 11.3 Å². The van der Waals surface area contributed by atoms with Crippen LogP contribution in [-0.2, 0) is 6.18 Å². The van der Waals surface area contributed by atoms with Crippen LogP contribution in [0.2, 0.25) is 0 Å². The van der Waals surface area contributed by atoms with Gasteiger partial charge in [0.1, 0.15) is 5.82 Å². The lowest BCUT2D eigenvalue weighted by molar-refractivity contribution is -0.138. The molecule has 2 rings (SSSR count). The summed E-state index contributed by atoms with van der Waals surface area (Å²) in [5, 5.41) is 1.71. The van der Waals surface area contributed by atoms with E-state index in [2.05, 4.69) is 0 Å². The van der Waals surface area contributed by atoms with Crippen molar-refractivity contribution in [3.63, 3.8) is 0 Å². The van der Waals surface area contributed by atoms with Crippen LogP contribution in [0.4, 0.5) is 17.6 Å². The van der Waals surface area contributed by atoms with Gasteiger partial charge in [-0.05, 0) is 35.2 Å². The Hall–Kier alpha value is -1.40. The first-order valence-electron chi connectivity index (χ1n) is 5.05. The topological polar surface area (TPSA) is 26.0 Å². The van der Waals surface area contributed by atoms with Crippen molar-refractivity contribution >= 4 is 11.3 Å². The Morgan fingerprint density at radius 2 is 1.89 bits per heavy atom. The summed E-state index contributed by atoms with van der Waals surface area (Å²) in [6.07, 6.45) is -4.54. The predicted octanol–water partition coefficient (Wildman–Crippen LogP) is 3.95. The summed E-state index contributed by atoms with van der Waals surface area (Å²) < 4.78 is 51.5. The summed E-state index contributed by atoms with van der Waals surface area (Å²) in [7, 11) is 0. The Kier molecular flexibility index (Phi) is 3.41. The zero-order valence-electron chi connectivity index (χ0n) is 9.04. The van der Waals surface area contributed by atoms with E-state index >= 15 is 0 Å². The smallest absolute Gasteiger partial charge is 0.320 e. The van der Waals surface area contributed by atoms with Crippen molar-refractivity contribution < 1.29 is 17.6 Å². The molecule has 0 aliphatic carbocycles. The highest BCUT2D eigenvalue weighted by molar-refractivity contribution is 7.10. The number of nitrogens with two attached hydrogens (primary N) is 1. The normalized spacial score (nSPS) is 13.6. The van der Waals surface area contributed by atoms with Gasteiger partial charge in [-0.1, -0.05) is 6.07 Å². The van der Waals surface area contributed by atoms with Crippen LogP contribution in [0.15, 0.2) is 35.7 Å². The van der Waals surface area contributed by atoms with E-state index in [0.717, 1.165) is 18.2 Å². The molecule has 0 fully saturated rings. The Bertz CT molecular complexity index is 534. The Morgan fingerprint density at radius 3 is 2.44 bits per heavy atom. The van der Waals surface area contributed by atoms with Crippen LogP contribution in [0.25, 0.3) is 0 Å². The lowest BCUT2D eigenvalue weighted by atomic mass is 9.99. The average Bonchev–Trinajstić information content (AvgIpc) is 2.79. The van der Waals surface area contributed by atoms with E-state index < -0.39 is 23.6 Å². The molecule has 1 heterocycles. The molecule has 1 unspecified atom stereocenters. The number of hydrogen-bond acceptors (Lipinski definition) is 2. The van der Waals surface area contributed by atoms with E-state index in [9.17, 15) is 17.6 Å². The van der Waals surface area contributed by atoms with Crippen molar-refractivity contribution in [1.82, 2.24) is 0 Å². The van der Waals surface area contributed by atoms with Crippen LogP contribution in [0, 0.1) is 5.82 Å². The van der Waals surface area contributed by atoms with Crippen molar-refractivity contribution in [3.05, 3.63) is 57.5 Å². The third kappa shape index (κ3) is 2.54. The van der Waals surface area contributed by atoms with Gasteiger partial charge in [0.05, 0.1) is 11.6 Å². The molecule has 0 saturated heterocycles. The van der Waals surface area contributed by atoms with Crippen molar-refractivity contribution in [2.75, 3.05) is 0 Å². The van der Waals surface area contributed by atoms with Crippen LogP contribution in [0.1, 0.15) is 22.0 Å². The number of halogens is 4. The molecule has 0 bridgehead atoms. The monoisotopic (exact) mass is 275 g/mol. The molecule has 1 nitrogen and oxygen atoms in total. The van der Waals surface area contributed by atoms with Crippen molar-refractivity contribution in [2.45, 2.75) is 12.2 Å². The fourth-order valence-electron chi connectivity index (χ4n) is 1.67. The van der Waals surface area contributed by atoms with Gasteiger partial charge in [-0.2, -0.15) is 13.2 Å². The first kappa shape index (κ1) is 13.0. The summed E-state index contributed by atoms with van der Waals surface area (Å²) in [5.41, 5.74) is 4.63. The maximum atomic E-state index is 13.1. The maximum Gasteiger partial charge on any atom is 0.416 e. The summed E-state index contributed by atoms with van der Waals surface area (Å²) in [5.74, 6) is -0.731. The zero-order chi connectivity index (χ0) is 13.3. The fraction of sp³-hybridized carbons (Fsp3) is 0.167. The van der Waals surface area contributed by atoms with Gasteiger partial charge in [0, 0.05) is 4.88 Å². The van der Waals surface area contributed by atoms with E-state index in [1.54, 1.807) is 17.5 Å². The predicted molar refractivity (Wildman–Crippen MR) is 61.8 cm³/mol. The summed E-state index contributed by atoms with van der Waals surface area (Å²) in [6.45, 7) is 0. The largest absolute Gasteiger partial charge is 0.416 e. The molecule has 0 amide bonds. The van der Waals surface area contributed by atoms with Gasteiger partial charge in [-0.3, -0.25) is 0 Å². The lowest BCUT2D eigenvalue weighted by Gasteiger charge is -2.17. The second-order valence-electron chi connectivity index (χ2n) is 3.72. The molecular weight excluding hydrogens is 266 g/mol. The maximum absolute atomic E-state index is 13.1. The molecule has 6 heteroatoms. The number of benzene rings is 1. The third-order valence-corrected chi connectivity index (χ3v) is 3.46. The van der Waals surface area contributed by atoms with Gasteiger partial charge < -0.3 is 5.73 Å². The Labute approximate surface area is 105 Å². The molecular formula is C12H9F4NS. The molecule has 0 aliphatic rings. The SMILES string of the molecule is NC(c1cccs1)c1cc(F)ccc1C(F)(F)F. The minimum Gasteiger partial charge on any atom is -0.320 e. The molecule has 0 aliphatic heterocycles. The molecule has 1 atom stereocenters. The second-order valence-corrected chi connectivity index (χ2v) is 4.70. The molecule has 0 radical (unpaired) electrons. The standard InChI is InChI=1S/C12H9F4NS/c13-7-3-4-9(12(14,15)16)8(6-7)11(17)10-2-1-5-18-10/h1-6,11H,17H2. The van der Waals surface area contributed by atoms with E-state index in [-0.39, 0.29) is 5.56 Å². The molecule has 18 heavy (non-hydrogen) atoms. The first-order chi connectivity index (χ1) is 8.39. The van der Waals surface area contributed by atoms with Crippen LogP contribution in [0.5, 0.6) is 0 Å². The van der Waals surface area contributed by atoms with Crippen molar-refractivity contribution in [2.24, 2.45) is 5.73 Å². The van der Waals surface area contributed by atoms with Crippen molar-refractivity contribution in [1.29, 1.82) is 0 Å². The second kappa shape index (κ2) is 4.70. The molecule has 0 spiro atoms. The van der Waals surface area contributed by atoms with Crippen LogP contribution < -0.4 is 5.73 Å². The van der Waals surface area contributed by atoms with Gasteiger partial charge in [-0.15, -0.1) is 11.3 Å². The summed E-state index contributed by atoms with van der Waals surface area (Å²) in [6, 6.07) is 4.68. The summed E-state index contributed by atoms with van der Waals surface area (Å²) >= 11 is 1.24. The minimum atomic E-state index is -4.54. The van der Waals surface area contributed by atoms with Crippen LogP contribution >= 0.6 is 11.3 Å². The lowest BCUT2D eigenvalue weighted by Crippen LogP contribution is -2.18. The summed E-state index contributed by atoms with van der Waals surface area (Å²) in [4.78, 5) is 0.561. The zero-order valence-corrected chi connectivity index (χ0v) is 9.86.